The predicted molar refractivity (Wildman–Crippen MR) is 129 cm³/mol. The molecule has 1 aliphatic heterocycles. The molecule has 34 heavy (non-hydrogen) atoms. The summed E-state index contributed by atoms with van der Waals surface area (Å²) >= 11 is 0. The SMILES string of the molecule is COc1ccc([C@H]2c3c(-c4cc(C)ccc4O)n[nH]c3C(=O)N2CCCOC(C)C)cc1OC. The monoisotopic (exact) mass is 465 g/mol. The molecule has 1 aliphatic rings. The molecule has 1 atom stereocenters. The molecular formula is C26H31N3O5. The number of phenolic OH excluding ortho intramolecular Hbond substituents is 1. The lowest BCUT2D eigenvalue weighted by Gasteiger charge is -2.27. The van der Waals surface area contributed by atoms with E-state index in [1.165, 1.54) is 0 Å². The van der Waals surface area contributed by atoms with Crippen molar-refractivity contribution in [3.63, 3.8) is 0 Å². The molecule has 0 aliphatic carbocycles. The van der Waals surface area contributed by atoms with Gasteiger partial charge in [-0.25, -0.2) is 0 Å². The van der Waals surface area contributed by atoms with Crippen molar-refractivity contribution in [3.8, 4) is 28.5 Å². The largest absolute Gasteiger partial charge is 0.507 e. The third-order valence-electron chi connectivity index (χ3n) is 5.99. The Balaban J connectivity index is 1.81. The number of carbonyl (C=O) groups excluding carboxylic acids is 1. The minimum Gasteiger partial charge on any atom is -0.507 e. The Morgan fingerprint density at radius 2 is 1.88 bits per heavy atom. The molecule has 180 valence electrons. The number of nitrogens with one attached hydrogen (secondary N) is 1. The van der Waals surface area contributed by atoms with Gasteiger partial charge in [-0.15, -0.1) is 0 Å². The molecule has 2 heterocycles. The molecular weight excluding hydrogens is 434 g/mol. The number of hydrogen-bond acceptors (Lipinski definition) is 6. The van der Waals surface area contributed by atoms with E-state index in [1.807, 2.05) is 56.0 Å². The number of aromatic hydroxyl groups is 1. The smallest absolute Gasteiger partial charge is 0.273 e. The van der Waals surface area contributed by atoms with Crippen molar-refractivity contribution >= 4 is 5.91 Å². The number of phenols is 1. The Morgan fingerprint density at radius 3 is 2.59 bits per heavy atom. The number of ether oxygens (including phenoxy) is 3. The molecule has 2 N–H and O–H groups in total. The molecule has 0 fully saturated rings. The predicted octanol–water partition coefficient (Wildman–Crippen LogP) is 4.47. The fraction of sp³-hybridized carbons (Fsp3) is 0.385. The summed E-state index contributed by atoms with van der Waals surface area (Å²) in [6.45, 7) is 6.99. The Morgan fingerprint density at radius 1 is 1.12 bits per heavy atom. The number of fused-ring (bicyclic) bond motifs is 1. The molecule has 0 saturated carbocycles. The Kier molecular flexibility index (Phi) is 6.79. The Hall–Kier alpha value is -3.52. The fourth-order valence-electron chi connectivity index (χ4n) is 4.40. The highest BCUT2D eigenvalue weighted by Crippen LogP contribution is 2.46. The van der Waals surface area contributed by atoms with Crippen molar-refractivity contribution in [3.05, 3.63) is 58.8 Å². The molecule has 1 amide bonds. The van der Waals surface area contributed by atoms with Crippen LogP contribution in [0, 0.1) is 6.92 Å². The van der Waals surface area contributed by atoms with E-state index >= 15 is 0 Å². The Bertz CT molecular complexity index is 1190. The van der Waals surface area contributed by atoms with Gasteiger partial charge in [-0.3, -0.25) is 9.89 Å². The van der Waals surface area contributed by atoms with Crippen LogP contribution in [0.15, 0.2) is 36.4 Å². The summed E-state index contributed by atoms with van der Waals surface area (Å²) in [5.74, 6) is 1.16. The fourth-order valence-corrected chi connectivity index (χ4v) is 4.40. The molecule has 0 spiro atoms. The summed E-state index contributed by atoms with van der Waals surface area (Å²) in [6.07, 6.45) is 0.819. The molecule has 2 aromatic carbocycles. The van der Waals surface area contributed by atoms with E-state index in [-0.39, 0.29) is 17.8 Å². The van der Waals surface area contributed by atoms with E-state index in [1.54, 1.807) is 20.3 Å². The van der Waals surface area contributed by atoms with Gasteiger partial charge in [-0.1, -0.05) is 17.7 Å². The van der Waals surface area contributed by atoms with Gasteiger partial charge in [0, 0.05) is 24.3 Å². The standard InChI is InChI=1S/C26H31N3O5/c1-15(2)34-12-6-11-29-25(17-8-10-20(32-4)21(14-17)33-5)22-23(27-28-24(22)26(29)31)18-13-16(3)7-9-19(18)30/h7-10,13-15,25,30H,6,11-12H2,1-5H3,(H,27,28)/t25-/m0/s1. The number of aryl methyl sites for hydroxylation is 1. The van der Waals surface area contributed by atoms with Crippen LogP contribution in [0.5, 0.6) is 17.2 Å². The van der Waals surface area contributed by atoms with Gasteiger partial charge in [0.1, 0.15) is 17.1 Å². The second-order valence-electron chi connectivity index (χ2n) is 8.67. The van der Waals surface area contributed by atoms with Crippen LogP contribution in [0.25, 0.3) is 11.3 Å². The first-order chi connectivity index (χ1) is 16.3. The summed E-state index contributed by atoms with van der Waals surface area (Å²) in [7, 11) is 3.17. The van der Waals surface area contributed by atoms with E-state index in [4.69, 9.17) is 14.2 Å². The van der Waals surface area contributed by atoms with Crippen molar-refractivity contribution in [1.29, 1.82) is 0 Å². The molecule has 3 aromatic rings. The average molecular weight is 466 g/mol. The van der Waals surface area contributed by atoms with E-state index in [0.717, 1.165) is 16.7 Å². The van der Waals surface area contributed by atoms with Gasteiger partial charge in [0.2, 0.25) is 0 Å². The Labute approximate surface area is 199 Å². The number of H-pyrrole nitrogens is 1. The summed E-state index contributed by atoms with van der Waals surface area (Å²) in [5, 5.41) is 18.0. The number of rotatable bonds is 9. The molecule has 8 nitrogen and oxygen atoms in total. The van der Waals surface area contributed by atoms with Crippen molar-refractivity contribution < 1.29 is 24.1 Å². The molecule has 8 heteroatoms. The van der Waals surface area contributed by atoms with Gasteiger partial charge in [0.05, 0.1) is 26.4 Å². The lowest BCUT2D eigenvalue weighted by Crippen LogP contribution is -2.31. The van der Waals surface area contributed by atoms with Crippen LogP contribution in [0.4, 0.5) is 0 Å². The van der Waals surface area contributed by atoms with Crippen LogP contribution in [0.1, 0.15) is 53.5 Å². The lowest BCUT2D eigenvalue weighted by atomic mass is 9.94. The number of aromatic amines is 1. The number of benzene rings is 2. The van der Waals surface area contributed by atoms with Crippen LogP contribution < -0.4 is 9.47 Å². The van der Waals surface area contributed by atoms with Gasteiger partial charge in [0.15, 0.2) is 11.5 Å². The van der Waals surface area contributed by atoms with E-state index in [9.17, 15) is 9.90 Å². The van der Waals surface area contributed by atoms with Gasteiger partial charge in [-0.05, 0) is 57.0 Å². The number of hydrogen-bond donors (Lipinski definition) is 2. The zero-order valence-electron chi connectivity index (χ0n) is 20.2. The van der Waals surface area contributed by atoms with Gasteiger partial charge in [-0.2, -0.15) is 5.10 Å². The third kappa shape index (κ3) is 4.33. The zero-order valence-corrected chi connectivity index (χ0v) is 20.2. The van der Waals surface area contributed by atoms with E-state index in [0.29, 0.717) is 48.0 Å². The third-order valence-corrected chi connectivity index (χ3v) is 5.99. The highest BCUT2D eigenvalue weighted by Gasteiger charge is 2.42. The van der Waals surface area contributed by atoms with Crippen LogP contribution in [0.3, 0.4) is 0 Å². The first-order valence-electron chi connectivity index (χ1n) is 11.4. The quantitative estimate of drug-likeness (QED) is 0.453. The number of aromatic nitrogens is 2. The van der Waals surface area contributed by atoms with Crippen LogP contribution in [-0.4, -0.2) is 59.6 Å². The summed E-state index contributed by atoms with van der Waals surface area (Å²) < 4.78 is 16.6. The second kappa shape index (κ2) is 9.77. The van der Waals surface area contributed by atoms with Crippen molar-refractivity contribution in [2.75, 3.05) is 27.4 Å². The number of nitrogens with zero attached hydrogens (tertiary/aromatic N) is 2. The topological polar surface area (TPSA) is 96.9 Å². The molecule has 0 radical (unpaired) electrons. The van der Waals surface area contributed by atoms with Crippen LogP contribution in [0.2, 0.25) is 0 Å². The van der Waals surface area contributed by atoms with Gasteiger partial charge < -0.3 is 24.2 Å². The maximum atomic E-state index is 13.5. The number of amides is 1. The van der Waals surface area contributed by atoms with Crippen molar-refractivity contribution in [2.45, 2.75) is 39.3 Å². The van der Waals surface area contributed by atoms with Crippen LogP contribution in [-0.2, 0) is 4.74 Å². The minimum atomic E-state index is -0.407. The molecule has 4 rings (SSSR count). The highest BCUT2D eigenvalue weighted by molar-refractivity contribution is 6.00. The maximum Gasteiger partial charge on any atom is 0.273 e. The number of carbonyl (C=O) groups is 1. The summed E-state index contributed by atoms with van der Waals surface area (Å²) in [5.41, 5.74) is 4.16. The normalized spacial score (nSPS) is 15.2. The summed E-state index contributed by atoms with van der Waals surface area (Å²) in [4.78, 5) is 15.3. The first-order valence-corrected chi connectivity index (χ1v) is 11.4. The molecule has 0 unspecified atom stereocenters. The van der Waals surface area contributed by atoms with E-state index < -0.39 is 6.04 Å². The molecule has 0 saturated heterocycles. The van der Waals surface area contributed by atoms with Crippen molar-refractivity contribution in [2.24, 2.45) is 0 Å². The van der Waals surface area contributed by atoms with Crippen molar-refractivity contribution in [1.82, 2.24) is 15.1 Å². The molecule has 0 bridgehead atoms. The highest BCUT2D eigenvalue weighted by atomic mass is 16.5. The minimum absolute atomic E-state index is 0.113. The van der Waals surface area contributed by atoms with Gasteiger partial charge >= 0.3 is 0 Å². The molecule has 1 aromatic heterocycles. The second-order valence-corrected chi connectivity index (χ2v) is 8.67. The summed E-state index contributed by atoms with van der Waals surface area (Å²) in [6, 6.07) is 10.6. The average Bonchev–Trinajstić information content (AvgIpc) is 3.36. The maximum absolute atomic E-state index is 13.5. The van der Waals surface area contributed by atoms with E-state index in [2.05, 4.69) is 10.2 Å². The lowest BCUT2D eigenvalue weighted by molar-refractivity contribution is 0.0601. The van der Waals surface area contributed by atoms with Gasteiger partial charge in [0.25, 0.3) is 5.91 Å². The number of methoxy groups -OCH3 is 2. The first kappa shape index (κ1) is 23.6. The van der Waals surface area contributed by atoms with Crippen LogP contribution >= 0.6 is 0 Å². The zero-order chi connectivity index (χ0) is 24.4.